The van der Waals surface area contributed by atoms with Crippen LogP contribution in [0.5, 0.6) is 0 Å². The van der Waals surface area contributed by atoms with Gasteiger partial charge in [-0.15, -0.1) is 0 Å². The molecule has 1 fully saturated rings. The maximum Gasteiger partial charge on any atom is 0.0491 e. The van der Waals surface area contributed by atoms with Crippen molar-refractivity contribution >= 4 is 5.69 Å². The predicted octanol–water partition coefficient (Wildman–Crippen LogP) is 3.12. The Bertz CT molecular complexity index is 382. The second-order valence-electron chi connectivity index (χ2n) is 6.10. The van der Waals surface area contributed by atoms with Crippen LogP contribution in [0.15, 0.2) is 24.3 Å². The SMILES string of the molecule is COCC1CCN(CCC(C)c2ccc(N)cc2)CC1. The summed E-state index contributed by atoms with van der Waals surface area (Å²) >= 11 is 0. The molecule has 0 aromatic heterocycles. The van der Waals surface area contributed by atoms with Gasteiger partial charge in [0.2, 0.25) is 0 Å². The molecule has 1 unspecified atom stereocenters. The molecule has 2 N–H and O–H groups in total. The van der Waals surface area contributed by atoms with Gasteiger partial charge in [-0.1, -0.05) is 19.1 Å². The number of piperidine rings is 1. The Balaban J connectivity index is 1.71. The lowest BCUT2D eigenvalue weighted by atomic mass is 9.95. The summed E-state index contributed by atoms with van der Waals surface area (Å²) in [7, 11) is 1.81. The molecule has 1 aliphatic heterocycles. The fraction of sp³-hybridized carbons (Fsp3) is 0.647. The maximum atomic E-state index is 5.74. The average Bonchev–Trinajstić information content (AvgIpc) is 2.47. The minimum Gasteiger partial charge on any atom is -0.399 e. The first-order valence-corrected chi connectivity index (χ1v) is 7.75. The van der Waals surface area contributed by atoms with E-state index >= 15 is 0 Å². The third kappa shape index (κ3) is 4.50. The zero-order chi connectivity index (χ0) is 14.4. The van der Waals surface area contributed by atoms with Gasteiger partial charge in [-0.25, -0.2) is 0 Å². The molecular weight excluding hydrogens is 248 g/mol. The van der Waals surface area contributed by atoms with Gasteiger partial charge in [0.25, 0.3) is 0 Å². The van der Waals surface area contributed by atoms with Gasteiger partial charge in [0, 0.05) is 19.4 Å². The van der Waals surface area contributed by atoms with E-state index in [1.807, 2.05) is 12.1 Å². The van der Waals surface area contributed by atoms with E-state index in [0.717, 1.165) is 18.2 Å². The Hall–Kier alpha value is -1.06. The molecule has 0 aliphatic carbocycles. The van der Waals surface area contributed by atoms with Crippen molar-refractivity contribution in [3.8, 4) is 0 Å². The summed E-state index contributed by atoms with van der Waals surface area (Å²) < 4.78 is 5.25. The molecule has 0 radical (unpaired) electrons. The molecule has 1 heterocycles. The highest BCUT2D eigenvalue weighted by Gasteiger charge is 2.19. The molecular formula is C17H28N2O. The van der Waals surface area contributed by atoms with Gasteiger partial charge in [0.15, 0.2) is 0 Å². The van der Waals surface area contributed by atoms with Crippen LogP contribution in [0, 0.1) is 5.92 Å². The summed E-state index contributed by atoms with van der Waals surface area (Å²) in [5, 5.41) is 0. The third-order valence-electron chi connectivity index (χ3n) is 4.49. The smallest absolute Gasteiger partial charge is 0.0491 e. The van der Waals surface area contributed by atoms with Crippen LogP contribution in [0.25, 0.3) is 0 Å². The molecule has 112 valence electrons. The normalized spacial score (nSPS) is 19.1. The van der Waals surface area contributed by atoms with Gasteiger partial charge in [-0.3, -0.25) is 0 Å². The number of hydrogen-bond acceptors (Lipinski definition) is 3. The summed E-state index contributed by atoms with van der Waals surface area (Å²) in [5.74, 6) is 1.37. The highest BCUT2D eigenvalue weighted by Crippen LogP contribution is 2.22. The van der Waals surface area contributed by atoms with Crippen molar-refractivity contribution in [3.63, 3.8) is 0 Å². The van der Waals surface area contributed by atoms with E-state index in [-0.39, 0.29) is 0 Å². The van der Waals surface area contributed by atoms with E-state index in [9.17, 15) is 0 Å². The number of anilines is 1. The average molecular weight is 276 g/mol. The number of nitrogens with two attached hydrogens (primary N) is 1. The summed E-state index contributed by atoms with van der Waals surface area (Å²) in [4.78, 5) is 2.60. The molecule has 2 rings (SSSR count). The molecule has 0 bridgehead atoms. The highest BCUT2D eigenvalue weighted by molar-refractivity contribution is 5.40. The van der Waals surface area contributed by atoms with Gasteiger partial charge in [0.05, 0.1) is 0 Å². The van der Waals surface area contributed by atoms with Gasteiger partial charge in [-0.2, -0.15) is 0 Å². The molecule has 3 nitrogen and oxygen atoms in total. The topological polar surface area (TPSA) is 38.5 Å². The summed E-state index contributed by atoms with van der Waals surface area (Å²) in [6, 6.07) is 8.32. The number of rotatable bonds is 6. The van der Waals surface area contributed by atoms with Gasteiger partial charge >= 0.3 is 0 Å². The Morgan fingerprint density at radius 1 is 1.25 bits per heavy atom. The van der Waals surface area contributed by atoms with Gasteiger partial charge in [0.1, 0.15) is 0 Å². The lowest BCUT2D eigenvalue weighted by Crippen LogP contribution is -2.36. The second kappa shape index (κ2) is 7.65. The summed E-state index contributed by atoms with van der Waals surface area (Å²) in [6.45, 7) is 6.88. The monoisotopic (exact) mass is 276 g/mol. The largest absolute Gasteiger partial charge is 0.399 e. The van der Waals surface area contributed by atoms with Gasteiger partial charge in [-0.05, 0) is 68.4 Å². The molecule has 1 aromatic carbocycles. The lowest BCUT2D eigenvalue weighted by molar-refractivity contribution is 0.0984. The molecule has 1 atom stereocenters. The van der Waals surface area contributed by atoms with Gasteiger partial charge < -0.3 is 15.4 Å². The number of benzene rings is 1. The Kier molecular flexibility index (Phi) is 5.86. The zero-order valence-electron chi connectivity index (χ0n) is 12.8. The fourth-order valence-electron chi connectivity index (χ4n) is 2.98. The number of nitrogen functional groups attached to an aromatic ring is 1. The number of hydrogen-bond donors (Lipinski definition) is 1. The van der Waals surface area contributed by atoms with Crippen molar-refractivity contribution in [2.24, 2.45) is 5.92 Å². The number of nitrogens with zero attached hydrogens (tertiary/aromatic N) is 1. The molecule has 1 aliphatic rings. The van der Waals surface area contributed by atoms with Crippen LogP contribution >= 0.6 is 0 Å². The molecule has 0 amide bonds. The van der Waals surface area contributed by atoms with Crippen LogP contribution in [-0.4, -0.2) is 38.3 Å². The van der Waals surface area contributed by atoms with Crippen LogP contribution in [0.2, 0.25) is 0 Å². The predicted molar refractivity (Wildman–Crippen MR) is 84.9 cm³/mol. The van der Waals surface area contributed by atoms with Crippen molar-refractivity contribution in [2.45, 2.75) is 32.1 Å². The van der Waals surface area contributed by atoms with Crippen LogP contribution in [0.1, 0.15) is 37.7 Å². The molecule has 1 aromatic rings. The van der Waals surface area contributed by atoms with Crippen molar-refractivity contribution in [1.82, 2.24) is 4.90 Å². The fourth-order valence-corrected chi connectivity index (χ4v) is 2.98. The van der Waals surface area contributed by atoms with Crippen LogP contribution in [0.3, 0.4) is 0 Å². The number of likely N-dealkylation sites (tertiary alicyclic amines) is 1. The van der Waals surface area contributed by atoms with Crippen molar-refractivity contribution in [3.05, 3.63) is 29.8 Å². The van der Waals surface area contributed by atoms with E-state index in [2.05, 4.69) is 24.0 Å². The summed E-state index contributed by atoms with van der Waals surface area (Å²) in [5.41, 5.74) is 7.98. The Morgan fingerprint density at radius 2 is 1.90 bits per heavy atom. The first-order valence-electron chi connectivity index (χ1n) is 7.75. The molecule has 0 spiro atoms. The third-order valence-corrected chi connectivity index (χ3v) is 4.49. The van der Waals surface area contributed by atoms with E-state index in [1.165, 1.54) is 44.5 Å². The molecule has 20 heavy (non-hydrogen) atoms. The quantitative estimate of drug-likeness (QED) is 0.811. The van der Waals surface area contributed by atoms with E-state index in [1.54, 1.807) is 7.11 Å². The van der Waals surface area contributed by atoms with Crippen LogP contribution in [0.4, 0.5) is 5.69 Å². The first kappa shape index (κ1) is 15.3. The minimum absolute atomic E-state index is 0.604. The standard InChI is InChI=1S/C17H28N2O/c1-14(16-3-5-17(18)6-4-16)7-10-19-11-8-15(9-12-19)13-20-2/h3-6,14-15H,7-13,18H2,1-2H3. The van der Waals surface area contributed by atoms with E-state index in [4.69, 9.17) is 10.5 Å². The minimum atomic E-state index is 0.604. The second-order valence-corrected chi connectivity index (χ2v) is 6.10. The van der Waals surface area contributed by atoms with E-state index < -0.39 is 0 Å². The lowest BCUT2D eigenvalue weighted by Gasteiger charge is -2.32. The van der Waals surface area contributed by atoms with Crippen molar-refractivity contribution in [2.75, 3.05) is 39.1 Å². The number of ether oxygens (including phenoxy) is 1. The zero-order valence-corrected chi connectivity index (χ0v) is 12.8. The number of methoxy groups -OCH3 is 1. The van der Waals surface area contributed by atoms with Crippen LogP contribution in [-0.2, 0) is 4.74 Å². The Labute approximate surface area is 123 Å². The Morgan fingerprint density at radius 3 is 2.50 bits per heavy atom. The maximum absolute atomic E-state index is 5.74. The first-order chi connectivity index (χ1) is 9.69. The molecule has 1 saturated heterocycles. The highest BCUT2D eigenvalue weighted by atomic mass is 16.5. The molecule has 3 heteroatoms. The molecule has 0 saturated carbocycles. The van der Waals surface area contributed by atoms with Crippen molar-refractivity contribution in [1.29, 1.82) is 0 Å². The summed E-state index contributed by atoms with van der Waals surface area (Å²) in [6.07, 6.45) is 3.78. The van der Waals surface area contributed by atoms with E-state index in [0.29, 0.717) is 5.92 Å². The van der Waals surface area contributed by atoms with Crippen LogP contribution < -0.4 is 5.73 Å². The van der Waals surface area contributed by atoms with Crippen molar-refractivity contribution < 1.29 is 4.74 Å².